The zero-order valence-electron chi connectivity index (χ0n) is 18.8. The number of anilines is 1. The first-order valence-corrected chi connectivity index (χ1v) is 11.2. The van der Waals surface area contributed by atoms with E-state index < -0.39 is 5.91 Å². The third kappa shape index (κ3) is 3.96. The second kappa shape index (κ2) is 8.67. The molecule has 1 amide bonds. The Morgan fingerprint density at radius 3 is 2.73 bits per heavy atom. The second-order valence-corrected chi connectivity index (χ2v) is 8.60. The summed E-state index contributed by atoms with van der Waals surface area (Å²) in [5, 5.41) is 4.32. The molecule has 0 radical (unpaired) electrons. The van der Waals surface area contributed by atoms with Gasteiger partial charge in [0.05, 0.1) is 24.4 Å². The van der Waals surface area contributed by atoms with E-state index in [-0.39, 0.29) is 5.92 Å². The summed E-state index contributed by atoms with van der Waals surface area (Å²) in [5.41, 5.74) is 11.2. The molecule has 0 spiro atoms. The van der Waals surface area contributed by atoms with Gasteiger partial charge in [-0.25, -0.2) is 4.98 Å². The molecule has 0 saturated carbocycles. The van der Waals surface area contributed by atoms with E-state index in [0.717, 1.165) is 40.1 Å². The minimum atomic E-state index is -0.443. The summed E-state index contributed by atoms with van der Waals surface area (Å²) in [6, 6.07) is 17.9. The van der Waals surface area contributed by atoms with Gasteiger partial charge < -0.3 is 15.8 Å². The van der Waals surface area contributed by atoms with E-state index in [9.17, 15) is 4.79 Å². The number of hydrogen-bond donors (Lipinski definition) is 2. The highest BCUT2D eigenvalue weighted by molar-refractivity contribution is 6.06. The first kappa shape index (κ1) is 21.2. The molecule has 0 unspecified atom stereocenters. The summed E-state index contributed by atoms with van der Waals surface area (Å²) >= 11 is 0. The van der Waals surface area contributed by atoms with Gasteiger partial charge in [0.15, 0.2) is 0 Å². The smallest absolute Gasteiger partial charge is 0.249 e. The summed E-state index contributed by atoms with van der Waals surface area (Å²) < 4.78 is 7.77. The fraction of sp³-hybridized carbons (Fsp3) is 0.269. The number of primary amides is 1. The van der Waals surface area contributed by atoms with E-state index in [4.69, 9.17) is 20.4 Å². The number of aromatic nitrogens is 3. The van der Waals surface area contributed by atoms with Gasteiger partial charge in [-0.2, -0.15) is 4.98 Å². The molecule has 0 fully saturated rings. The van der Waals surface area contributed by atoms with Crippen molar-refractivity contribution < 1.29 is 9.53 Å². The maximum atomic E-state index is 12.1. The van der Waals surface area contributed by atoms with Gasteiger partial charge in [-0.3, -0.25) is 9.36 Å². The van der Waals surface area contributed by atoms with Crippen LogP contribution in [0.1, 0.15) is 52.6 Å². The molecule has 7 heteroatoms. The molecular formula is C26H27N5O2. The number of amides is 1. The van der Waals surface area contributed by atoms with Crippen LogP contribution < -0.4 is 11.1 Å². The van der Waals surface area contributed by atoms with E-state index in [1.54, 1.807) is 6.07 Å². The van der Waals surface area contributed by atoms with Gasteiger partial charge in [-0.15, -0.1) is 0 Å². The number of nitrogens with two attached hydrogens (primary N) is 1. The molecular weight excluding hydrogens is 414 g/mol. The first-order chi connectivity index (χ1) is 16.0. The number of carbonyl (C=O) groups excluding carboxylic acids is 1. The van der Waals surface area contributed by atoms with Gasteiger partial charge >= 0.3 is 0 Å². The number of benzene rings is 2. The Morgan fingerprint density at radius 2 is 1.97 bits per heavy atom. The molecule has 4 aromatic rings. The van der Waals surface area contributed by atoms with E-state index >= 15 is 0 Å². The predicted molar refractivity (Wildman–Crippen MR) is 129 cm³/mol. The van der Waals surface area contributed by atoms with Crippen molar-refractivity contribution in [1.82, 2.24) is 14.5 Å². The minimum absolute atomic E-state index is 0.196. The molecule has 5 rings (SSSR count). The number of nitrogens with one attached hydrogen (secondary N) is 1. The molecule has 1 aliphatic heterocycles. The fourth-order valence-electron chi connectivity index (χ4n) is 4.36. The summed E-state index contributed by atoms with van der Waals surface area (Å²) in [6.07, 6.45) is 0.730. The van der Waals surface area contributed by atoms with Gasteiger partial charge in [0.2, 0.25) is 11.9 Å². The molecule has 33 heavy (non-hydrogen) atoms. The van der Waals surface area contributed by atoms with Crippen molar-refractivity contribution in [2.45, 2.75) is 39.3 Å². The third-order valence-corrected chi connectivity index (χ3v) is 6.04. The Hall–Kier alpha value is -3.71. The zero-order chi connectivity index (χ0) is 22.9. The van der Waals surface area contributed by atoms with E-state index in [2.05, 4.69) is 35.9 Å². The minimum Gasteiger partial charge on any atom is -0.376 e. The summed E-state index contributed by atoms with van der Waals surface area (Å²) in [6.45, 7) is 6.02. The van der Waals surface area contributed by atoms with Crippen LogP contribution in [0.5, 0.6) is 0 Å². The van der Waals surface area contributed by atoms with Crippen LogP contribution in [0.4, 0.5) is 5.82 Å². The highest BCUT2D eigenvalue weighted by Crippen LogP contribution is 2.32. The van der Waals surface area contributed by atoms with E-state index in [1.165, 1.54) is 5.56 Å². The topological polar surface area (TPSA) is 95.1 Å². The van der Waals surface area contributed by atoms with Crippen molar-refractivity contribution >= 4 is 22.6 Å². The summed E-state index contributed by atoms with van der Waals surface area (Å²) in [5.74, 6) is 1.12. The first-order valence-electron chi connectivity index (χ1n) is 11.2. The van der Waals surface area contributed by atoms with Crippen molar-refractivity contribution in [2.24, 2.45) is 5.73 Å². The number of ether oxygens (including phenoxy) is 1. The summed E-state index contributed by atoms with van der Waals surface area (Å²) in [7, 11) is 0. The standard InChI is InChI=1S/C26H27N5O2/c1-16(2)23-13-19-18(24(27)32)9-6-10-22(19)31(23)26-29-21-11-12-33-15-20(21)25(30-26)28-14-17-7-4-3-5-8-17/h3-10,13,16H,11-12,14-15H2,1-2H3,(H2,27,32)(H,28,29,30). The highest BCUT2D eigenvalue weighted by Gasteiger charge is 2.23. The molecule has 0 atom stereocenters. The lowest BCUT2D eigenvalue weighted by atomic mass is 10.1. The van der Waals surface area contributed by atoms with Crippen LogP contribution in [-0.4, -0.2) is 27.0 Å². The Morgan fingerprint density at radius 1 is 1.15 bits per heavy atom. The average molecular weight is 442 g/mol. The van der Waals surface area contributed by atoms with Crippen LogP contribution >= 0.6 is 0 Å². The molecule has 0 aliphatic carbocycles. The van der Waals surface area contributed by atoms with E-state index in [0.29, 0.717) is 31.3 Å². The Bertz CT molecular complexity index is 1330. The van der Waals surface area contributed by atoms with Crippen LogP contribution in [0.15, 0.2) is 54.6 Å². The zero-order valence-corrected chi connectivity index (χ0v) is 18.8. The van der Waals surface area contributed by atoms with Crippen LogP contribution in [0.3, 0.4) is 0 Å². The van der Waals surface area contributed by atoms with Gasteiger partial charge in [-0.1, -0.05) is 50.2 Å². The van der Waals surface area contributed by atoms with Gasteiger partial charge in [0.25, 0.3) is 0 Å². The number of hydrogen-bond acceptors (Lipinski definition) is 5. The lowest BCUT2D eigenvalue weighted by Gasteiger charge is -2.21. The van der Waals surface area contributed by atoms with Gasteiger partial charge in [0.1, 0.15) is 5.82 Å². The number of nitrogens with zero attached hydrogens (tertiary/aromatic N) is 3. The molecule has 3 N–H and O–H groups in total. The molecule has 7 nitrogen and oxygen atoms in total. The van der Waals surface area contributed by atoms with Crippen molar-refractivity contribution in [3.63, 3.8) is 0 Å². The van der Waals surface area contributed by atoms with E-state index in [1.807, 2.05) is 36.4 Å². The molecule has 0 saturated heterocycles. The Kier molecular flexibility index (Phi) is 5.56. The van der Waals surface area contributed by atoms with Crippen molar-refractivity contribution in [3.8, 4) is 5.95 Å². The largest absolute Gasteiger partial charge is 0.376 e. The molecule has 0 bridgehead atoms. The normalized spacial score (nSPS) is 13.3. The fourth-order valence-corrected chi connectivity index (χ4v) is 4.36. The lowest BCUT2D eigenvalue weighted by Crippen LogP contribution is -2.19. The molecule has 168 valence electrons. The monoisotopic (exact) mass is 441 g/mol. The van der Waals surface area contributed by atoms with Gasteiger partial charge in [0, 0.05) is 35.2 Å². The van der Waals surface area contributed by atoms with Crippen molar-refractivity contribution in [1.29, 1.82) is 0 Å². The molecule has 3 heterocycles. The second-order valence-electron chi connectivity index (χ2n) is 8.60. The average Bonchev–Trinajstić information content (AvgIpc) is 3.23. The summed E-state index contributed by atoms with van der Waals surface area (Å²) in [4.78, 5) is 22.0. The highest BCUT2D eigenvalue weighted by atomic mass is 16.5. The van der Waals surface area contributed by atoms with Crippen molar-refractivity contribution in [3.05, 3.63) is 82.7 Å². The molecule has 2 aromatic carbocycles. The quantitative estimate of drug-likeness (QED) is 0.464. The SMILES string of the molecule is CC(C)c1cc2c(C(N)=O)cccc2n1-c1nc2c(c(NCc3ccccc3)n1)COCC2. The van der Waals surface area contributed by atoms with Crippen LogP contribution in [-0.2, 0) is 24.3 Å². The number of rotatable bonds is 6. The Balaban J connectivity index is 1.67. The number of fused-ring (bicyclic) bond motifs is 2. The third-order valence-electron chi connectivity index (χ3n) is 6.04. The molecule has 1 aliphatic rings. The Labute approximate surface area is 192 Å². The number of carbonyl (C=O) groups is 1. The predicted octanol–water partition coefficient (Wildman–Crippen LogP) is 4.33. The van der Waals surface area contributed by atoms with Crippen molar-refractivity contribution in [2.75, 3.05) is 11.9 Å². The lowest BCUT2D eigenvalue weighted by molar-refractivity contribution is 0.100. The maximum absolute atomic E-state index is 12.1. The maximum Gasteiger partial charge on any atom is 0.249 e. The van der Waals surface area contributed by atoms with Crippen LogP contribution in [0, 0.1) is 0 Å². The van der Waals surface area contributed by atoms with Gasteiger partial charge in [-0.05, 0) is 29.7 Å². The van der Waals surface area contributed by atoms with Crippen LogP contribution in [0.25, 0.3) is 16.9 Å². The van der Waals surface area contributed by atoms with Crippen LogP contribution in [0.2, 0.25) is 0 Å². The molecule has 2 aromatic heterocycles.